The van der Waals surface area contributed by atoms with Gasteiger partial charge in [0.2, 0.25) is 0 Å². The molecule has 0 aliphatic heterocycles. The second-order valence-electron chi connectivity index (χ2n) is 4.97. The Kier molecular flexibility index (Phi) is 9.07. The third kappa shape index (κ3) is 7.38. The van der Waals surface area contributed by atoms with Crippen LogP contribution in [0.15, 0.2) is 34.1 Å². The molecule has 0 aromatic heterocycles. The fraction of sp³-hybridized carbons (Fsp3) is 0.500. The van der Waals surface area contributed by atoms with Gasteiger partial charge in [0, 0.05) is 12.1 Å². The Morgan fingerprint density at radius 1 is 0.826 bits per heavy atom. The molecule has 0 bridgehead atoms. The second-order valence-corrected chi connectivity index (χ2v) is 7.66. The molecule has 1 fully saturated rings. The molecule has 0 heterocycles. The molecule has 23 heavy (non-hydrogen) atoms. The minimum Gasteiger partial charge on any atom is -0.744 e. The van der Waals surface area contributed by atoms with Gasteiger partial charge in [0.25, 0.3) is 0 Å². The molecule has 4 N–H and O–H groups in total. The molecule has 132 valence electrons. The third-order valence-corrected chi connectivity index (χ3v) is 5.18. The number of hydrogen-bond acceptors (Lipinski definition) is 8. The van der Waals surface area contributed by atoms with Crippen molar-refractivity contribution in [3.8, 4) is 0 Å². The van der Waals surface area contributed by atoms with E-state index in [-0.39, 0.29) is 33.1 Å². The van der Waals surface area contributed by atoms with Crippen molar-refractivity contribution < 1.29 is 47.0 Å². The fourth-order valence-electron chi connectivity index (χ4n) is 2.05. The standard InChI is InChI=1S/C6H14N2.C6H6O6S2.Pt/c7-5-3-1-2-4-6(5)8;7-13(8,9)5-3-1-2-4-6(5)14(10,11)12;/h5-6H,1-4,7-8H2;1-4H,(H,7,8,9)(H,10,11,12);/q;;+4/p-2. The molecule has 8 nitrogen and oxygen atoms in total. The Labute approximate surface area is 150 Å². The monoisotopic (exact) mass is 545 g/mol. The second kappa shape index (κ2) is 9.21. The molecule has 2 atom stereocenters. The van der Waals surface area contributed by atoms with Crippen LogP contribution in [-0.4, -0.2) is 38.0 Å². The van der Waals surface area contributed by atoms with Crippen LogP contribution in [0.25, 0.3) is 0 Å². The maximum absolute atomic E-state index is 10.5. The molecule has 1 aromatic carbocycles. The van der Waals surface area contributed by atoms with E-state index < -0.39 is 30.0 Å². The zero-order valence-electron chi connectivity index (χ0n) is 12.0. The van der Waals surface area contributed by atoms with E-state index in [0.29, 0.717) is 0 Å². The molecule has 11 heteroatoms. The summed E-state index contributed by atoms with van der Waals surface area (Å²) in [6, 6.07) is 4.41. The van der Waals surface area contributed by atoms with Crippen molar-refractivity contribution in [2.45, 2.75) is 47.6 Å². The molecule has 0 radical (unpaired) electrons. The van der Waals surface area contributed by atoms with Gasteiger partial charge >= 0.3 is 21.1 Å². The molecule has 0 amide bonds. The van der Waals surface area contributed by atoms with E-state index in [9.17, 15) is 25.9 Å². The third-order valence-electron chi connectivity index (χ3n) is 3.26. The van der Waals surface area contributed by atoms with Crippen LogP contribution in [0.1, 0.15) is 25.7 Å². The summed E-state index contributed by atoms with van der Waals surface area (Å²) in [4.78, 5) is -2.04. The summed E-state index contributed by atoms with van der Waals surface area (Å²) in [5, 5.41) is 0. The van der Waals surface area contributed by atoms with Crippen LogP contribution >= 0.6 is 0 Å². The van der Waals surface area contributed by atoms with Gasteiger partial charge in [0.1, 0.15) is 20.2 Å². The van der Waals surface area contributed by atoms with Crippen LogP contribution < -0.4 is 11.5 Å². The van der Waals surface area contributed by atoms with Gasteiger partial charge in [-0.3, -0.25) is 0 Å². The minimum atomic E-state index is -4.95. The Balaban J connectivity index is 0.000000460. The average molecular weight is 545 g/mol. The molecule has 1 aliphatic carbocycles. The number of benzene rings is 1. The summed E-state index contributed by atoms with van der Waals surface area (Å²) >= 11 is 0. The van der Waals surface area contributed by atoms with Gasteiger partial charge in [-0.15, -0.1) is 0 Å². The smallest absolute Gasteiger partial charge is 0.744 e. The molecule has 1 aliphatic rings. The number of hydrogen-bond donors (Lipinski definition) is 2. The Bertz CT molecular complexity index is 647. The van der Waals surface area contributed by atoms with Gasteiger partial charge in [-0.05, 0) is 25.0 Å². The summed E-state index contributed by atoms with van der Waals surface area (Å²) in [6.45, 7) is 0. The summed E-state index contributed by atoms with van der Waals surface area (Å²) < 4.78 is 63.2. The SMILES string of the molecule is NC1CCCCC1N.O=S(=O)([O-])c1ccccc1S(=O)(=O)[O-].[Pt+4]. The van der Waals surface area contributed by atoms with E-state index in [1.807, 2.05) is 0 Å². The first-order chi connectivity index (χ1) is 10.0. The first kappa shape index (κ1) is 22.6. The van der Waals surface area contributed by atoms with Crippen molar-refractivity contribution in [2.75, 3.05) is 0 Å². The van der Waals surface area contributed by atoms with Crippen LogP contribution in [0.5, 0.6) is 0 Å². The van der Waals surface area contributed by atoms with Gasteiger partial charge < -0.3 is 20.6 Å². The van der Waals surface area contributed by atoms with Crippen molar-refractivity contribution in [3.63, 3.8) is 0 Å². The minimum absolute atomic E-state index is 0. The van der Waals surface area contributed by atoms with Crippen LogP contribution in [0.2, 0.25) is 0 Å². The van der Waals surface area contributed by atoms with E-state index in [1.54, 1.807) is 0 Å². The van der Waals surface area contributed by atoms with Crippen LogP contribution in [0, 0.1) is 0 Å². The van der Waals surface area contributed by atoms with Gasteiger partial charge in [-0.2, -0.15) is 0 Å². The zero-order chi connectivity index (χ0) is 17.0. The van der Waals surface area contributed by atoms with Gasteiger partial charge in [-0.1, -0.05) is 25.0 Å². The predicted molar refractivity (Wildman–Crippen MR) is 76.8 cm³/mol. The average Bonchev–Trinajstić information content (AvgIpc) is 2.41. The van der Waals surface area contributed by atoms with Gasteiger partial charge in [0.15, 0.2) is 0 Å². The summed E-state index contributed by atoms with van der Waals surface area (Å²) in [6.07, 6.45) is 4.80. The molecular formula is C12H18N2O6PtS2+2. The van der Waals surface area contributed by atoms with Crippen molar-refractivity contribution in [3.05, 3.63) is 24.3 Å². The number of nitrogens with two attached hydrogens (primary N) is 2. The first-order valence-corrected chi connectivity index (χ1v) is 9.37. The van der Waals surface area contributed by atoms with Crippen molar-refractivity contribution in [2.24, 2.45) is 11.5 Å². The van der Waals surface area contributed by atoms with Crippen molar-refractivity contribution in [1.29, 1.82) is 0 Å². The van der Waals surface area contributed by atoms with Gasteiger partial charge in [0.05, 0.1) is 9.79 Å². The number of rotatable bonds is 2. The maximum atomic E-state index is 10.5. The van der Waals surface area contributed by atoms with E-state index in [4.69, 9.17) is 11.5 Å². The van der Waals surface area contributed by atoms with E-state index >= 15 is 0 Å². The van der Waals surface area contributed by atoms with E-state index in [1.165, 1.54) is 12.8 Å². The molecule has 1 aromatic rings. The summed E-state index contributed by atoms with van der Waals surface area (Å²) in [5.74, 6) is 0. The molecule has 0 spiro atoms. The molecule has 2 unspecified atom stereocenters. The Hall–Kier alpha value is -0.352. The molecule has 0 saturated heterocycles. The maximum Gasteiger partial charge on any atom is 4.00 e. The summed E-state index contributed by atoms with van der Waals surface area (Å²) in [5.41, 5.74) is 11.3. The van der Waals surface area contributed by atoms with Crippen molar-refractivity contribution in [1.82, 2.24) is 0 Å². The molecule has 1 saturated carbocycles. The molecular weight excluding hydrogens is 527 g/mol. The topological polar surface area (TPSA) is 166 Å². The van der Waals surface area contributed by atoms with Gasteiger partial charge in [-0.25, -0.2) is 16.8 Å². The quantitative estimate of drug-likeness (QED) is 0.478. The first-order valence-electron chi connectivity index (χ1n) is 6.55. The Morgan fingerprint density at radius 3 is 1.35 bits per heavy atom. The summed E-state index contributed by atoms with van der Waals surface area (Å²) in [7, 11) is -9.89. The normalized spacial score (nSPS) is 21.6. The largest absolute Gasteiger partial charge is 4.00 e. The van der Waals surface area contributed by atoms with Crippen LogP contribution in [0.3, 0.4) is 0 Å². The van der Waals surface area contributed by atoms with E-state index in [0.717, 1.165) is 37.1 Å². The van der Waals surface area contributed by atoms with Crippen LogP contribution in [0.4, 0.5) is 0 Å². The fourth-order valence-corrected chi connectivity index (χ4v) is 3.78. The predicted octanol–water partition coefficient (Wildman–Crippen LogP) is -0.293. The Morgan fingerprint density at radius 2 is 1.13 bits per heavy atom. The van der Waals surface area contributed by atoms with Crippen molar-refractivity contribution >= 4 is 20.2 Å². The van der Waals surface area contributed by atoms with Crippen LogP contribution in [-0.2, 0) is 41.3 Å². The van der Waals surface area contributed by atoms with E-state index in [2.05, 4.69) is 0 Å². The zero-order valence-corrected chi connectivity index (χ0v) is 15.9. The molecule has 2 rings (SSSR count).